The average molecular weight is 295 g/mol. The lowest BCUT2D eigenvalue weighted by molar-refractivity contribution is 0.417. The maximum absolute atomic E-state index is 11.3. The third-order valence-electron chi connectivity index (χ3n) is 3.97. The Hall–Kier alpha value is -1.01. The van der Waals surface area contributed by atoms with Crippen molar-refractivity contribution in [3.05, 3.63) is 23.3 Å². The van der Waals surface area contributed by atoms with Crippen LogP contribution in [-0.2, 0) is 28.4 Å². The first-order valence-electron chi connectivity index (χ1n) is 7.24. The first-order chi connectivity index (χ1) is 9.49. The molecule has 1 saturated carbocycles. The fourth-order valence-electron chi connectivity index (χ4n) is 2.72. The highest BCUT2D eigenvalue weighted by Gasteiger charge is 2.25. The smallest absolute Gasteiger partial charge is 0.154 e. The molecule has 1 heterocycles. The zero-order valence-electron chi connectivity index (χ0n) is 11.8. The highest BCUT2D eigenvalue weighted by molar-refractivity contribution is 7.89. The van der Waals surface area contributed by atoms with Crippen LogP contribution < -0.4 is 5.32 Å². The van der Waals surface area contributed by atoms with E-state index in [1.165, 1.54) is 24.7 Å². The standard InChI is InChI=1S/C14H21N3O2S/c1-20(18,19)9-14-16-8-11-6-10(2-5-13(11)17-14)7-15-12-3-4-12/h8,10,12,15H,2-7,9H2,1H3. The van der Waals surface area contributed by atoms with Crippen molar-refractivity contribution < 1.29 is 8.42 Å². The third kappa shape index (κ3) is 3.76. The van der Waals surface area contributed by atoms with E-state index in [0.717, 1.165) is 37.5 Å². The van der Waals surface area contributed by atoms with E-state index in [4.69, 9.17) is 0 Å². The molecule has 0 radical (unpaired) electrons. The topological polar surface area (TPSA) is 72.0 Å². The van der Waals surface area contributed by atoms with Gasteiger partial charge in [-0.1, -0.05) is 0 Å². The summed E-state index contributed by atoms with van der Waals surface area (Å²) in [5, 5.41) is 3.58. The molecule has 1 aromatic heterocycles. The quantitative estimate of drug-likeness (QED) is 0.873. The summed E-state index contributed by atoms with van der Waals surface area (Å²) in [5.41, 5.74) is 2.23. The minimum atomic E-state index is -3.06. The van der Waals surface area contributed by atoms with Crippen LogP contribution in [0.3, 0.4) is 0 Å². The Balaban J connectivity index is 1.65. The van der Waals surface area contributed by atoms with Crippen molar-refractivity contribution in [1.29, 1.82) is 0 Å². The third-order valence-corrected chi connectivity index (χ3v) is 4.75. The van der Waals surface area contributed by atoms with Crippen molar-refractivity contribution in [3.63, 3.8) is 0 Å². The molecular weight excluding hydrogens is 274 g/mol. The summed E-state index contributed by atoms with van der Waals surface area (Å²) in [7, 11) is -3.06. The molecule has 3 rings (SSSR count). The van der Waals surface area contributed by atoms with Crippen molar-refractivity contribution in [2.75, 3.05) is 12.8 Å². The van der Waals surface area contributed by atoms with Gasteiger partial charge >= 0.3 is 0 Å². The Morgan fingerprint density at radius 1 is 1.35 bits per heavy atom. The van der Waals surface area contributed by atoms with Gasteiger partial charge in [-0.05, 0) is 50.1 Å². The number of aryl methyl sites for hydroxylation is 1. The lowest BCUT2D eigenvalue weighted by atomic mass is 9.87. The summed E-state index contributed by atoms with van der Waals surface area (Å²) in [6.45, 7) is 1.08. The highest BCUT2D eigenvalue weighted by Crippen LogP contribution is 2.25. The molecule has 1 aromatic rings. The molecule has 0 spiro atoms. The largest absolute Gasteiger partial charge is 0.314 e. The summed E-state index contributed by atoms with van der Waals surface area (Å²) in [4.78, 5) is 8.64. The number of rotatable bonds is 5. The Bertz CT molecular complexity index is 596. The number of hydrogen-bond donors (Lipinski definition) is 1. The summed E-state index contributed by atoms with van der Waals surface area (Å²) in [6.07, 6.45) is 8.76. The van der Waals surface area contributed by atoms with Gasteiger partial charge in [0, 0.05) is 24.2 Å². The molecule has 0 aliphatic heterocycles. The van der Waals surface area contributed by atoms with E-state index in [1.54, 1.807) is 0 Å². The first-order valence-corrected chi connectivity index (χ1v) is 9.30. The van der Waals surface area contributed by atoms with Gasteiger partial charge in [-0.25, -0.2) is 18.4 Å². The number of hydrogen-bond acceptors (Lipinski definition) is 5. The highest BCUT2D eigenvalue weighted by atomic mass is 32.2. The molecule has 5 nitrogen and oxygen atoms in total. The van der Waals surface area contributed by atoms with Gasteiger partial charge in [0.25, 0.3) is 0 Å². The van der Waals surface area contributed by atoms with E-state index < -0.39 is 9.84 Å². The predicted molar refractivity (Wildman–Crippen MR) is 77.1 cm³/mol. The van der Waals surface area contributed by atoms with Gasteiger partial charge in [0.1, 0.15) is 11.6 Å². The average Bonchev–Trinajstić information content (AvgIpc) is 3.18. The molecule has 0 aromatic carbocycles. The summed E-state index contributed by atoms with van der Waals surface area (Å²) >= 11 is 0. The maximum Gasteiger partial charge on any atom is 0.154 e. The van der Waals surface area contributed by atoms with Crippen molar-refractivity contribution in [3.8, 4) is 0 Å². The van der Waals surface area contributed by atoms with E-state index in [9.17, 15) is 8.42 Å². The van der Waals surface area contributed by atoms with Crippen molar-refractivity contribution in [2.45, 2.75) is 43.9 Å². The lowest BCUT2D eigenvalue weighted by Crippen LogP contribution is -2.29. The molecule has 2 aliphatic rings. The molecule has 110 valence electrons. The molecule has 2 aliphatic carbocycles. The second-order valence-electron chi connectivity index (χ2n) is 6.12. The molecule has 0 amide bonds. The zero-order valence-corrected chi connectivity index (χ0v) is 12.6. The summed E-state index contributed by atoms with van der Waals surface area (Å²) in [5.74, 6) is 1.03. The van der Waals surface area contributed by atoms with Gasteiger partial charge in [0.15, 0.2) is 9.84 Å². The van der Waals surface area contributed by atoms with Gasteiger partial charge in [-0.15, -0.1) is 0 Å². The normalized spacial score (nSPS) is 22.6. The van der Waals surface area contributed by atoms with E-state index in [2.05, 4.69) is 15.3 Å². The number of nitrogens with one attached hydrogen (secondary N) is 1. The van der Waals surface area contributed by atoms with Crippen molar-refractivity contribution in [1.82, 2.24) is 15.3 Å². The number of sulfone groups is 1. The van der Waals surface area contributed by atoms with E-state index in [0.29, 0.717) is 11.7 Å². The van der Waals surface area contributed by atoms with Crippen LogP contribution in [0.5, 0.6) is 0 Å². The second-order valence-corrected chi connectivity index (χ2v) is 8.26. The van der Waals surface area contributed by atoms with Crippen molar-refractivity contribution >= 4 is 9.84 Å². The van der Waals surface area contributed by atoms with Crippen LogP contribution in [0.2, 0.25) is 0 Å². The summed E-state index contributed by atoms with van der Waals surface area (Å²) < 4.78 is 22.6. The van der Waals surface area contributed by atoms with Gasteiger partial charge < -0.3 is 5.32 Å². The van der Waals surface area contributed by atoms with Crippen LogP contribution in [-0.4, -0.2) is 37.2 Å². The SMILES string of the molecule is CS(=O)(=O)Cc1ncc2c(n1)CCC(CNC1CC1)C2. The first kappa shape index (κ1) is 13.9. The number of fused-ring (bicyclic) bond motifs is 1. The Kier molecular flexibility index (Phi) is 3.77. The molecule has 1 atom stereocenters. The van der Waals surface area contributed by atoms with Crippen LogP contribution in [0.1, 0.15) is 36.3 Å². The minimum Gasteiger partial charge on any atom is -0.314 e. The van der Waals surface area contributed by atoms with E-state index >= 15 is 0 Å². The summed E-state index contributed by atoms with van der Waals surface area (Å²) in [6, 6.07) is 0.754. The number of aromatic nitrogens is 2. The fourth-order valence-corrected chi connectivity index (χ4v) is 3.33. The van der Waals surface area contributed by atoms with Gasteiger partial charge in [0.2, 0.25) is 0 Å². The fraction of sp³-hybridized carbons (Fsp3) is 0.714. The Labute approximate surface area is 120 Å². The van der Waals surface area contributed by atoms with Crippen LogP contribution in [0.15, 0.2) is 6.20 Å². The van der Waals surface area contributed by atoms with Crippen molar-refractivity contribution in [2.24, 2.45) is 5.92 Å². The molecule has 1 N–H and O–H groups in total. The van der Waals surface area contributed by atoms with E-state index in [-0.39, 0.29) is 5.75 Å². The molecule has 0 saturated heterocycles. The molecular formula is C14H21N3O2S. The molecule has 1 unspecified atom stereocenters. The van der Waals surface area contributed by atoms with E-state index in [1.807, 2.05) is 6.20 Å². The molecule has 20 heavy (non-hydrogen) atoms. The maximum atomic E-state index is 11.3. The zero-order chi connectivity index (χ0) is 14.2. The second kappa shape index (κ2) is 5.41. The minimum absolute atomic E-state index is 0.0626. The molecule has 0 bridgehead atoms. The van der Waals surface area contributed by atoms with Crippen LogP contribution in [0, 0.1) is 5.92 Å². The van der Waals surface area contributed by atoms with Crippen LogP contribution in [0.25, 0.3) is 0 Å². The van der Waals surface area contributed by atoms with Crippen LogP contribution >= 0.6 is 0 Å². The Morgan fingerprint density at radius 3 is 2.85 bits per heavy atom. The molecule has 6 heteroatoms. The van der Waals surface area contributed by atoms with Gasteiger partial charge in [-0.3, -0.25) is 0 Å². The lowest BCUT2D eigenvalue weighted by Gasteiger charge is -2.24. The number of nitrogens with zero attached hydrogens (tertiary/aromatic N) is 2. The predicted octanol–water partition coefficient (Wildman–Crippen LogP) is 0.878. The Morgan fingerprint density at radius 2 is 2.15 bits per heavy atom. The van der Waals surface area contributed by atoms with Gasteiger partial charge in [0.05, 0.1) is 0 Å². The van der Waals surface area contributed by atoms with Crippen LogP contribution in [0.4, 0.5) is 0 Å². The van der Waals surface area contributed by atoms with Gasteiger partial charge in [-0.2, -0.15) is 0 Å². The molecule has 1 fully saturated rings. The monoisotopic (exact) mass is 295 g/mol.